The Hall–Kier alpha value is -0.380. The van der Waals surface area contributed by atoms with Crippen molar-refractivity contribution >= 4 is 0 Å². The first-order chi connectivity index (χ1) is 12.6. The van der Waals surface area contributed by atoms with Crippen LogP contribution < -0.4 is 5.73 Å². The first-order valence-electron chi connectivity index (χ1n) is 11.3. The summed E-state index contributed by atoms with van der Waals surface area (Å²) in [6, 6.07) is 0. The van der Waals surface area contributed by atoms with E-state index in [-0.39, 0.29) is 13.2 Å². The van der Waals surface area contributed by atoms with Crippen LogP contribution in [0.3, 0.4) is 0 Å². The molecule has 4 N–H and O–H groups in total. The van der Waals surface area contributed by atoms with Gasteiger partial charge in [0.2, 0.25) is 0 Å². The second-order valence-electron chi connectivity index (χ2n) is 8.10. The number of nitrogens with two attached hydrogens (primary N) is 1. The van der Waals surface area contributed by atoms with Crippen LogP contribution in [0, 0.1) is 5.92 Å². The van der Waals surface area contributed by atoms with E-state index in [1.165, 1.54) is 77.0 Å². The summed E-state index contributed by atoms with van der Waals surface area (Å²) in [6.45, 7) is 4.64. The second kappa shape index (κ2) is 18.0. The second-order valence-corrected chi connectivity index (χ2v) is 8.10. The van der Waals surface area contributed by atoms with Crippen LogP contribution in [0.15, 0.2) is 12.2 Å². The highest BCUT2D eigenvalue weighted by molar-refractivity contribution is 4.89. The van der Waals surface area contributed by atoms with Gasteiger partial charge in [-0.05, 0) is 50.9 Å². The van der Waals surface area contributed by atoms with Crippen molar-refractivity contribution in [3.05, 3.63) is 12.2 Å². The lowest BCUT2D eigenvalue weighted by molar-refractivity contribution is 0.146. The van der Waals surface area contributed by atoms with Crippen molar-refractivity contribution in [2.24, 2.45) is 11.7 Å². The summed E-state index contributed by atoms with van der Waals surface area (Å²) in [5.41, 5.74) is 5.97. The molecule has 0 aromatic heterocycles. The molecule has 1 unspecified atom stereocenters. The zero-order valence-electron chi connectivity index (χ0n) is 17.7. The van der Waals surface area contributed by atoms with Crippen LogP contribution >= 0.6 is 0 Å². The van der Waals surface area contributed by atoms with Gasteiger partial charge in [-0.2, -0.15) is 0 Å². The fourth-order valence-corrected chi connectivity index (χ4v) is 3.67. The number of allylic oxidation sites excluding steroid dienone is 2. The van der Waals surface area contributed by atoms with Gasteiger partial charge >= 0.3 is 0 Å². The van der Waals surface area contributed by atoms with Crippen LogP contribution in [0.5, 0.6) is 0 Å². The Balaban J connectivity index is 3.55. The smallest absolute Gasteiger partial charge is 0.0448 e. The molecule has 0 bridgehead atoms. The van der Waals surface area contributed by atoms with Gasteiger partial charge in [-0.15, -0.1) is 0 Å². The molecule has 0 aliphatic heterocycles. The molecule has 0 fully saturated rings. The van der Waals surface area contributed by atoms with E-state index in [0.29, 0.717) is 18.8 Å². The minimum Gasteiger partial charge on any atom is -0.396 e. The molecule has 0 aliphatic rings. The van der Waals surface area contributed by atoms with Crippen molar-refractivity contribution in [3.63, 3.8) is 0 Å². The summed E-state index contributed by atoms with van der Waals surface area (Å²) in [5.74, 6) is 0.346. The third kappa shape index (κ3) is 13.8. The topological polar surface area (TPSA) is 66.5 Å². The molecule has 0 aromatic rings. The molecule has 0 amide bonds. The molecule has 0 rings (SSSR count). The van der Waals surface area contributed by atoms with E-state index in [9.17, 15) is 10.2 Å². The number of hydrogen-bond acceptors (Lipinski definition) is 3. The highest BCUT2D eigenvalue weighted by Gasteiger charge is 2.30. The van der Waals surface area contributed by atoms with Gasteiger partial charge in [-0.1, -0.05) is 77.4 Å². The lowest BCUT2D eigenvalue weighted by Crippen LogP contribution is -2.47. The highest BCUT2D eigenvalue weighted by atomic mass is 16.3. The Bertz CT molecular complexity index is 311. The maximum atomic E-state index is 9.20. The fraction of sp³-hybridized carbons (Fsp3) is 0.913. The maximum Gasteiger partial charge on any atom is 0.0448 e. The maximum absolute atomic E-state index is 9.20. The average molecular weight is 370 g/mol. The van der Waals surface area contributed by atoms with E-state index in [0.717, 1.165) is 6.42 Å². The normalized spacial score (nSPS) is 13.6. The summed E-state index contributed by atoms with van der Waals surface area (Å²) < 4.78 is 0. The molecular weight excluding hydrogens is 322 g/mol. The van der Waals surface area contributed by atoms with Gasteiger partial charge in [0, 0.05) is 18.8 Å². The van der Waals surface area contributed by atoms with Crippen LogP contribution in [-0.2, 0) is 0 Å². The molecule has 26 heavy (non-hydrogen) atoms. The summed E-state index contributed by atoms with van der Waals surface area (Å²) in [4.78, 5) is 0. The number of rotatable bonds is 19. The SMILES string of the molecule is CCCCCCCC/C=C\CCCCCCC(C)C(N)(CCO)CCO. The van der Waals surface area contributed by atoms with E-state index in [1.807, 2.05) is 0 Å². The van der Waals surface area contributed by atoms with Crippen LogP contribution in [0.1, 0.15) is 110 Å². The Morgan fingerprint density at radius 2 is 1.23 bits per heavy atom. The number of aliphatic hydroxyl groups is 2. The van der Waals surface area contributed by atoms with Crippen molar-refractivity contribution in [1.29, 1.82) is 0 Å². The number of aliphatic hydroxyl groups excluding tert-OH is 2. The average Bonchev–Trinajstić information content (AvgIpc) is 2.62. The molecule has 3 heteroatoms. The Kier molecular flexibility index (Phi) is 17.7. The first kappa shape index (κ1) is 25.6. The zero-order valence-corrected chi connectivity index (χ0v) is 17.7. The molecule has 156 valence electrons. The Morgan fingerprint density at radius 1 is 0.769 bits per heavy atom. The summed E-state index contributed by atoms with van der Waals surface area (Å²) >= 11 is 0. The van der Waals surface area contributed by atoms with Crippen molar-refractivity contribution in [2.75, 3.05) is 13.2 Å². The third-order valence-corrected chi connectivity index (χ3v) is 5.78. The predicted octanol–water partition coefficient (Wildman–Crippen LogP) is 5.73. The molecule has 0 radical (unpaired) electrons. The fourth-order valence-electron chi connectivity index (χ4n) is 3.67. The van der Waals surface area contributed by atoms with Gasteiger partial charge in [0.1, 0.15) is 0 Å². The molecule has 0 saturated carbocycles. The minimum absolute atomic E-state index is 0.103. The number of unbranched alkanes of at least 4 members (excludes halogenated alkanes) is 10. The van der Waals surface area contributed by atoms with Gasteiger partial charge in [0.25, 0.3) is 0 Å². The van der Waals surface area contributed by atoms with E-state index in [4.69, 9.17) is 5.73 Å². The molecule has 0 spiro atoms. The lowest BCUT2D eigenvalue weighted by atomic mass is 9.78. The predicted molar refractivity (Wildman–Crippen MR) is 114 cm³/mol. The van der Waals surface area contributed by atoms with Gasteiger partial charge in [0.05, 0.1) is 0 Å². The molecule has 1 atom stereocenters. The first-order valence-corrected chi connectivity index (χ1v) is 11.3. The van der Waals surface area contributed by atoms with E-state index < -0.39 is 5.54 Å². The third-order valence-electron chi connectivity index (χ3n) is 5.78. The van der Waals surface area contributed by atoms with E-state index in [1.54, 1.807) is 0 Å². The van der Waals surface area contributed by atoms with Crippen molar-refractivity contribution in [2.45, 2.75) is 116 Å². The zero-order chi connectivity index (χ0) is 19.5. The summed E-state index contributed by atoms with van der Waals surface area (Å²) in [6.07, 6.45) is 22.7. The van der Waals surface area contributed by atoms with Gasteiger partial charge < -0.3 is 15.9 Å². The molecule has 0 aromatic carbocycles. The quantitative estimate of drug-likeness (QED) is 0.201. The molecule has 0 saturated heterocycles. The van der Waals surface area contributed by atoms with Gasteiger partial charge in [-0.25, -0.2) is 0 Å². The highest BCUT2D eigenvalue weighted by Crippen LogP contribution is 2.27. The standard InChI is InChI=1S/C23H47NO2/c1-3-4-5-6-7-8-9-10-11-12-13-14-15-16-17-22(2)23(24,18-20-25)19-21-26/h10-11,22,25-26H,3-9,12-21,24H2,1-2H3/b11-10-. The Labute approximate surface area is 163 Å². The lowest BCUT2D eigenvalue weighted by Gasteiger charge is -2.35. The molecule has 0 heterocycles. The molecule has 0 aliphatic carbocycles. The van der Waals surface area contributed by atoms with Gasteiger partial charge in [0.15, 0.2) is 0 Å². The van der Waals surface area contributed by atoms with E-state index in [2.05, 4.69) is 26.0 Å². The minimum atomic E-state index is -0.414. The Morgan fingerprint density at radius 3 is 1.73 bits per heavy atom. The summed E-state index contributed by atoms with van der Waals surface area (Å²) in [7, 11) is 0. The molecule has 3 nitrogen and oxygen atoms in total. The van der Waals surface area contributed by atoms with Crippen LogP contribution in [0.2, 0.25) is 0 Å². The van der Waals surface area contributed by atoms with Crippen molar-refractivity contribution in [1.82, 2.24) is 0 Å². The monoisotopic (exact) mass is 369 g/mol. The van der Waals surface area contributed by atoms with Gasteiger partial charge in [-0.3, -0.25) is 0 Å². The number of hydrogen-bond donors (Lipinski definition) is 3. The van der Waals surface area contributed by atoms with Crippen LogP contribution in [0.4, 0.5) is 0 Å². The van der Waals surface area contributed by atoms with Crippen LogP contribution in [0.25, 0.3) is 0 Å². The van der Waals surface area contributed by atoms with Crippen LogP contribution in [-0.4, -0.2) is 29.0 Å². The van der Waals surface area contributed by atoms with E-state index >= 15 is 0 Å². The largest absolute Gasteiger partial charge is 0.396 e. The van der Waals surface area contributed by atoms with Crippen molar-refractivity contribution < 1.29 is 10.2 Å². The van der Waals surface area contributed by atoms with Crippen molar-refractivity contribution in [3.8, 4) is 0 Å². The summed E-state index contributed by atoms with van der Waals surface area (Å²) in [5, 5.41) is 18.4. The molecular formula is C23H47NO2.